The van der Waals surface area contributed by atoms with Gasteiger partial charge in [-0.1, -0.05) is 18.2 Å². The Kier molecular flexibility index (Phi) is 5.08. The minimum atomic E-state index is 0.373. The summed E-state index contributed by atoms with van der Waals surface area (Å²) in [6.07, 6.45) is 3.82. The van der Waals surface area contributed by atoms with Crippen molar-refractivity contribution >= 4 is 5.69 Å². The minimum absolute atomic E-state index is 0.373. The van der Waals surface area contributed by atoms with E-state index in [-0.39, 0.29) is 0 Å². The molecule has 2 heterocycles. The van der Waals surface area contributed by atoms with Crippen molar-refractivity contribution in [2.75, 3.05) is 31.2 Å². The van der Waals surface area contributed by atoms with Gasteiger partial charge in [0.1, 0.15) is 0 Å². The number of ether oxygens (including phenoxy) is 1. The van der Waals surface area contributed by atoms with Crippen LogP contribution in [0.2, 0.25) is 0 Å². The molecule has 2 aromatic rings. The monoisotopic (exact) mass is 300 g/mol. The molecule has 1 aliphatic heterocycles. The maximum atomic E-state index is 5.45. The second-order valence-electron chi connectivity index (χ2n) is 5.74. The van der Waals surface area contributed by atoms with Crippen molar-refractivity contribution in [3.8, 4) is 0 Å². The van der Waals surface area contributed by atoms with Crippen molar-refractivity contribution in [2.24, 2.45) is 0 Å². The molecule has 0 bridgehead atoms. The summed E-state index contributed by atoms with van der Waals surface area (Å²) in [5, 5.41) is 7.85. The number of nitrogens with one attached hydrogen (secondary N) is 1. The number of benzene rings is 1. The minimum Gasteiger partial charge on any atom is -0.378 e. The average molecular weight is 300 g/mol. The fraction of sp³-hybridized carbons (Fsp3) is 0.471. The van der Waals surface area contributed by atoms with E-state index in [0.29, 0.717) is 6.04 Å². The molecule has 0 unspecified atom stereocenters. The number of hydrogen-bond donors (Lipinski definition) is 1. The summed E-state index contributed by atoms with van der Waals surface area (Å²) < 4.78 is 7.41. The second-order valence-corrected chi connectivity index (χ2v) is 5.74. The van der Waals surface area contributed by atoms with Crippen molar-refractivity contribution in [1.82, 2.24) is 15.1 Å². The maximum absolute atomic E-state index is 5.45. The van der Waals surface area contributed by atoms with Crippen LogP contribution in [0.4, 0.5) is 5.69 Å². The highest BCUT2D eigenvalue weighted by Crippen LogP contribution is 2.21. The van der Waals surface area contributed by atoms with Crippen LogP contribution in [0.1, 0.15) is 12.5 Å². The Morgan fingerprint density at radius 1 is 1.23 bits per heavy atom. The van der Waals surface area contributed by atoms with Crippen LogP contribution in [0.15, 0.2) is 42.7 Å². The number of hydrogen-bond acceptors (Lipinski definition) is 4. The van der Waals surface area contributed by atoms with Gasteiger partial charge in [-0.15, -0.1) is 0 Å². The molecule has 0 amide bonds. The van der Waals surface area contributed by atoms with Crippen LogP contribution < -0.4 is 10.2 Å². The molecule has 1 aliphatic rings. The standard InChI is InChI=1S/C17H24N4O/c1-15(14-21-8-4-7-19-21)18-13-16-5-2-3-6-17(16)20-9-11-22-12-10-20/h2-8,15,18H,9-14H2,1H3/t15-/m0/s1. The molecule has 1 atom stereocenters. The van der Waals surface area contributed by atoms with Gasteiger partial charge in [-0.25, -0.2) is 0 Å². The number of anilines is 1. The predicted molar refractivity (Wildman–Crippen MR) is 88.0 cm³/mol. The molecule has 3 rings (SSSR count). The smallest absolute Gasteiger partial charge is 0.0642 e. The van der Waals surface area contributed by atoms with Crippen molar-refractivity contribution in [3.63, 3.8) is 0 Å². The normalized spacial score (nSPS) is 16.7. The molecule has 5 heteroatoms. The maximum Gasteiger partial charge on any atom is 0.0642 e. The summed E-state index contributed by atoms with van der Waals surface area (Å²) in [5.74, 6) is 0. The van der Waals surface area contributed by atoms with Crippen molar-refractivity contribution in [3.05, 3.63) is 48.3 Å². The Morgan fingerprint density at radius 2 is 2.05 bits per heavy atom. The molecular weight excluding hydrogens is 276 g/mol. The van der Waals surface area contributed by atoms with E-state index >= 15 is 0 Å². The van der Waals surface area contributed by atoms with Gasteiger partial charge in [0, 0.05) is 43.8 Å². The lowest BCUT2D eigenvalue weighted by molar-refractivity contribution is 0.122. The number of nitrogens with zero attached hydrogens (tertiary/aromatic N) is 3. The molecule has 22 heavy (non-hydrogen) atoms. The van der Waals surface area contributed by atoms with E-state index in [2.05, 4.69) is 46.5 Å². The van der Waals surface area contributed by atoms with Crippen molar-refractivity contribution < 1.29 is 4.74 Å². The van der Waals surface area contributed by atoms with E-state index in [9.17, 15) is 0 Å². The first kappa shape index (κ1) is 15.1. The van der Waals surface area contributed by atoms with Crippen LogP contribution in [-0.4, -0.2) is 42.1 Å². The molecule has 0 aliphatic carbocycles. The first-order valence-corrected chi connectivity index (χ1v) is 7.94. The van der Waals surface area contributed by atoms with Crippen LogP contribution >= 0.6 is 0 Å². The van der Waals surface area contributed by atoms with Gasteiger partial charge in [-0.05, 0) is 24.6 Å². The van der Waals surface area contributed by atoms with Crippen molar-refractivity contribution in [2.45, 2.75) is 26.1 Å². The van der Waals surface area contributed by atoms with Crippen LogP contribution in [-0.2, 0) is 17.8 Å². The summed E-state index contributed by atoms with van der Waals surface area (Å²) >= 11 is 0. The highest BCUT2D eigenvalue weighted by Gasteiger charge is 2.14. The number of morpholine rings is 1. The SMILES string of the molecule is C[C@@H](Cn1cccn1)NCc1ccccc1N1CCOCC1. The lowest BCUT2D eigenvalue weighted by atomic mass is 10.1. The number of aromatic nitrogens is 2. The molecule has 1 N–H and O–H groups in total. The lowest BCUT2D eigenvalue weighted by Gasteiger charge is -2.31. The molecule has 1 aromatic carbocycles. The fourth-order valence-electron chi connectivity index (χ4n) is 2.81. The van der Waals surface area contributed by atoms with Gasteiger partial charge in [0.25, 0.3) is 0 Å². The molecule has 1 aromatic heterocycles. The topological polar surface area (TPSA) is 42.3 Å². The lowest BCUT2D eigenvalue weighted by Crippen LogP contribution is -2.37. The fourth-order valence-corrected chi connectivity index (χ4v) is 2.81. The van der Waals surface area contributed by atoms with Gasteiger partial charge >= 0.3 is 0 Å². The van der Waals surface area contributed by atoms with E-state index in [1.807, 2.05) is 23.1 Å². The number of rotatable bonds is 6. The van der Waals surface area contributed by atoms with Crippen LogP contribution in [0.5, 0.6) is 0 Å². The zero-order valence-electron chi connectivity index (χ0n) is 13.1. The zero-order chi connectivity index (χ0) is 15.2. The largest absolute Gasteiger partial charge is 0.378 e. The van der Waals surface area contributed by atoms with Crippen LogP contribution in [0.25, 0.3) is 0 Å². The van der Waals surface area contributed by atoms with Crippen LogP contribution in [0, 0.1) is 0 Å². The Hall–Kier alpha value is -1.85. The first-order valence-electron chi connectivity index (χ1n) is 7.94. The Morgan fingerprint density at radius 3 is 2.82 bits per heavy atom. The van der Waals surface area contributed by atoms with Crippen LogP contribution in [0.3, 0.4) is 0 Å². The molecule has 0 saturated carbocycles. The van der Waals surface area contributed by atoms with Crippen molar-refractivity contribution in [1.29, 1.82) is 0 Å². The van der Waals surface area contributed by atoms with Gasteiger partial charge in [0.15, 0.2) is 0 Å². The Balaban J connectivity index is 1.59. The van der Waals surface area contributed by atoms with E-state index in [1.165, 1.54) is 11.3 Å². The summed E-state index contributed by atoms with van der Waals surface area (Å²) in [6.45, 7) is 7.52. The molecule has 118 valence electrons. The van der Waals surface area contributed by atoms with Gasteiger partial charge < -0.3 is 15.0 Å². The van der Waals surface area contributed by atoms with E-state index in [1.54, 1.807) is 0 Å². The predicted octanol–water partition coefficient (Wildman–Crippen LogP) is 1.90. The van der Waals surface area contributed by atoms with Gasteiger partial charge in [0.2, 0.25) is 0 Å². The van der Waals surface area contributed by atoms with E-state index in [0.717, 1.165) is 39.4 Å². The van der Waals surface area contributed by atoms with E-state index < -0.39 is 0 Å². The highest BCUT2D eigenvalue weighted by molar-refractivity contribution is 5.53. The summed E-state index contributed by atoms with van der Waals surface area (Å²) in [6, 6.07) is 11.0. The Bertz CT molecular complexity index is 564. The number of para-hydroxylation sites is 1. The molecular formula is C17H24N4O. The van der Waals surface area contributed by atoms with Gasteiger partial charge in [-0.2, -0.15) is 5.10 Å². The highest BCUT2D eigenvalue weighted by atomic mass is 16.5. The first-order chi connectivity index (χ1) is 10.8. The van der Waals surface area contributed by atoms with Gasteiger partial charge in [-0.3, -0.25) is 4.68 Å². The molecule has 1 saturated heterocycles. The summed E-state index contributed by atoms with van der Waals surface area (Å²) in [4.78, 5) is 2.42. The molecule has 0 spiro atoms. The quantitative estimate of drug-likeness (QED) is 0.885. The average Bonchev–Trinajstić information content (AvgIpc) is 3.07. The summed E-state index contributed by atoms with van der Waals surface area (Å²) in [7, 11) is 0. The summed E-state index contributed by atoms with van der Waals surface area (Å²) in [5.41, 5.74) is 2.67. The third kappa shape index (κ3) is 3.87. The molecule has 0 radical (unpaired) electrons. The zero-order valence-corrected chi connectivity index (χ0v) is 13.1. The molecule has 1 fully saturated rings. The Labute approximate surface area is 131 Å². The third-order valence-corrected chi connectivity index (χ3v) is 4.00. The van der Waals surface area contributed by atoms with E-state index in [4.69, 9.17) is 4.74 Å². The van der Waals surface area contributed by atoms with Gasteiger partial charge in [0.05, 0.1) is 19.8 Å². The molecule has 5 nitrogen and oxygen atoms in total. The third-order valence-electron chi connectivity index (χ3n) is 4.00. The second kappa shape index (κ2) is 7.42.